The second-order valence-corrected chi connectivity index (χ2v) is 6.58. The Morgan fingerprint density at radius 3 is 2.45 bits per heavy atom. The van der Waals surface area contributed by atoms with Gasteiger partial charge < -0.3 is 4.74 Å². The molecule has 0 radical (unpaired) electrons. The summed E-state index contributed by atoms with van der Waals surface area (Å²) in [5, 5.41) is 7.59. The molecule has 1 amide bonds. The van der Waals surface area contributed by atoms with Gasteiger partial charge in [-0.1, -0.05) is 31.2 Å². The van der Waals surface area contributed by atoms with Crippen molar-refractivity contribution in [1.29, 1.82) is 5.53 Å². The van der Waals surface area contributed by atoms with Gasteiger partial charge in [0, 0.05) is 12.0 Å². The zero-order valence-electron chi connectivity index (χ0n) is 16.4. The van der Waals surface area contributed by atoms with E-state index in [-0.39, 0.29) is 18.1 Å². The Hall–Kier alpha value is -3.85. The molecule has 0 fully saturated rings. The molecule has 1 atom stereocenters. The molecule has 1 unspecified atom stereocenters. The molecule has 0 saturated heterocycles. The van der Waals surface area contributed by atoms with E-state index in [4.69, 9.17) is 5.53 Å². The minimum Gasteiger partial charge on any atom is -0.406 e. The molecule has 0 aliphatic carbocycles. The summed E-state index contributed by atoms with van der Waals surface area (Å²) in [5.41, 5.74) is 8.85. The van der Waals surface area contributed by atoms with Gasteiger partial charge in [-0.25, -0.2) is 9.67 Å². The summed E-state index contributed by atoms with van der Waals surface area (Å²) >= 11 is 0. The van der Waals surface area contributed by atoms with Crippen molar-refractivity contribution in [3.05, 3.63) is 60.4 Å². The first-order chi connectivity index (χ1) is 14.8. The molecule has 1 N–H and O–H groups in total. The molecule has 2 aromatic carbocycles. The third-order valence-corrected chi connectivity index (χ3v) is 4.54. The number of halogens is 3. The van der Waals surface area contributed by atoms with Gasteiger partial charge in [0.05, 0.1) is 5.69 Å². The molecule has 3 aromatic rings. The number of aromatic nitrogens is 3. The summed E-state index contributed by atoms with van der Waals surface area (Å²) in [6, 6.07) is 12.7. The Labute approximate surface area is 174 Å². The number of amides is 1. The minimum atomic E-state index is -4.75. The predicted octanol–water partition coefficient (Wildman–Crippen LogP) is 4.79. The number of carbonyl (C=O) groups is 1. The van der Waals surface area contributed by atoms with Crippen molar-refractivity contribution in [2.24, 2.45) is 5.11 Å². The lowest BCUT2D eigenvalue weighted by atomic mass is 9.92. The maximum Gasteiger partial charge on any atom is 0.573 e. The van der Waals surface area contributed by atoms with Gasteiger partial charge in [0.15, 0.2) is 10.9 Å². The molecule has 8 nitrogen and oxygen atoms in total. The van der Waals surface area contributed by atoms with Crippen molar-refractivity contribution in [2.75, 3.05) is 0 Å². The van der Waals surface area contributed by atoms with Crippen LogP contribution in [-0.2, 0) is 4.79 Å². The number of rotatable bonds is 7. The fourth-order valence-electron chi connectivity index (χ4n) is 3.03. The molecule has 1 aromatic heterocycles. The average Bonchev–Trinajstić information content (AvgIpc) is 3.22. The summed E-state index contributed by atoms with van der Waals surface area (Å²) in [6.07, 6.45) is -2.40. The first-order valence-electron chi connectivity index (χ1n) is 9.27. The Morgan fingerprint density at radius 2 is 1.87 bits per heavy atom. The standard InChI is InChI=1S/C20H18F3N6O2/c1-2-13(11-18(30)26-28-24)14-3-5-15(6-4-14)19-25-12-29(27-19)16-7-9-17(10-8-16)31-20(21,22)23/h3-10,12-13,24H,2,11H2,1H3/q+1. The van der Waals surface area contributed by atoms with E-state index in [1.165, 1.54) is 35.3 Å². The Kier molecular flexibility index (Phi) is 6.56. The lowest BCUT2D eigenvalue weighted by molar-refractivity contribution is -0.274. The molecule has 0 aliphatic rings. The van der Waals surface area contributed by atoms with Gasteiger partial charge in [-0.15, -0.1) is 18.3 Å². The Balaban J connectivity index is 1.73. The van der Waals surface area contributed by atoms with Crippen LogP contribution in [0.25, 0.3) is 17.1 Å². The summed E-state index contributed by atoms with van der Waals surface area (Å²) in [4.78, 5) is 18.7. The fraction of sp³-hybridized carbons (Fsp3) is 0.250. The van der Waals surface area contributed by atoms with E-state index >= 15 is 0 Å². The molecule has 0 spiro atoms. The van der Waals surface area contributed by atoms with Crippen molar-refractivity contribution in [1.82, 2.24) is 19.7 Å². The number of nitrogens with one attached hydrogen (secondary N) is 1. The number of hydrogen-bond donors (Lipinski definition) is 1. The molecule has 160 valence electrons. The van der Waals surface area contributed by atoms with Gasteiger partial charge in [0.25, 0.3) is 0 Å². The number of hydrogen-bond acceptors (Lipinski definition) is 5. The summed E-state index contributed by atoms with van der Waals surface area (Å²) in [7, 11) is 0. The Bertz CT molecular complexity index is 1090. The third kappa shape index (κ3) is 5.83. The van der Waals surface area contributed by atoms with E-state index < -0.39 is 12.3 Å². The molecule has 0 saturated carbocycles. The monoisotopic (exact) mass is 431 g/mol. The van der Waals surface area contributed by atoms with Crippen molar-refractivity contribution < 1.29 is 22.7 Å². The van der Waals surface area contributed by atoms with E-state index in [0.717, 1.165) is 17.5 Å². The molecule has 0 aliphatic heterocycles. The summed E-state index contributed by atoms with van der Waals surface area (Å²) < 4.78 is 42.1. The normalized spacial score (nSPS) is 12.1. The minimum absolute atomic E-state index is 0.0463. The molecule has 11 heteroatoms. The van der Waals surface area contributed by atoms with Crippen LogP contribution in [0.5, 0.6) is 5.75 Å². The Morgan fingerprint density at radius 1 is 1.19 bits per heavy atom. The van der Waals surface area contributed by atoms with Crippen LogP contribution in [0.2, 0.25) is 0 Å². The van der Waals surface area contributed by atoms with Crippen LogP contribution in [0.4, 0.5) is 13.2 Å². The molecule has 1 heterocycles. The van der Waals surface area contributed by atoms with Gasteiger partial charge in [0.2, 0.25) is 4.91 Å². The maximum atomic E-state index is 12.3. The van der Waals surface area contributed by atoms with E-state index in [9.17, 15) is 18.0 Å². The van der Waals surface area contributed by atoms with Crippen LogP contribution in [0.3, 0.4) is 0 Å². The summed E-state index contributed by atoms with van der Waals surface area (Å²) in [5.74, 6) is -0.373. The number of nitrogens with zero attached hydrogens (tertiary/aromatic N) is 5. The van der Waals surface area contributed by atoms with Crippen LogP contribution in [0.1, 0.15) is 31.2 Å². The predicted molar refractivity (Wildman–Crippen MR) is 103 cm³/mol. The highest BCUT2D eigenvalue weighted by atomic mass is 19.4. The second kappa shape index (κ2) is 9.31. The first-order valence-corrected chi connectivity index (χ1v) is 9.27. The van der Waals surface area contributed by atoms with Crippen molar-refractivity contribution >= 4 is 5.91 Å². The largest absolute Gasteiger partial charge is 0.573 e. The van der Waals surface area contributed by atoms with E-state index in [1.807, 2.05) is 31.2 Å². The zero-order chi connectivity index (χ0) is 22.4. The highest BCUT2D eigenvalue weighted by Crippen LogP contribution is 2.27. The average molecular weight is 431 g/mol. The number of benzene rings is 2. The van der Waals surface area contributed by atoms with Crippen molar-refractivity contribution in [2.45, 2.75) is 32.0 Å². The smallest absolute Gasteiger partial charge is 0.406 e. The number of carbonyl (C=O) groups excluding carboxylic acids is 1. The molecule has 0 bridgehead atoms. The van der Waals surface area contributed by atoms with Crippen LogP contribution >= 0.6 is 0 Å². The van der Waals surface area contributed by atoms with Crippen LogP contribution in [0, 0.1) is 5.53 Å². The lowest BCUT2D eigenvalue weighted by Crippen LogP contribution is -2.17. The molecular weight excluding hydrogens is 413 g/mol. The number of alkyl halides is 3. The van der Waals surface area contributed by atoms with Gasteiger partial charge in [-0.05, 0) is 42.2 Å². The van der Waals surface area contributed by atoms with E-state index in [2.05, 4.69) is 24.8 Å². The van der Waals surface area contributed by atoms with Gasteiger partial charge >= 0.3 is 12.3 Å². The van der Waals surface area contributed by atoms with Crippen molar-refractivity contribution in [3.63, 3.8) is 0 Å². The highest BCUT2D eigenvalue weighted by molar-refractivity contribution is 5.77. The molecule has 31 heavy (non-hydrogen) atoms. The second-order valence-electron chi connectivity index (χ2n) is 6.58. The fourth-order valence-corrected chi connectivity index (χ4v) is 3.03. The number of ether oxygens (including phenoxy) is 1. The third-order valence-electron chi connectivity index (χ3n) is 4.54. The van der Waals surface area contributed by atoms with Crippen molar-refractivity contribution in [3.8, 4) is 22.8 Å². The lowest BCUT2D eigenvalue weighted by Gasteiger charge is -2.12. The molecular formula is C20H18F3N6O2+. The first kappa shape index (κ1) is 21.8. The van der Waals surface area contributed by atoms with Crippen LogP contribution < -0.4 is 9.65 Å². The van der Waals surface area contributed by atoms with E-state index in [1.54, 1.807) is 0 Å². The SMILES string of the molecule is CCC(CC(=O)N=[N+]=N)c1ccc(-c2ncn(-c3ccc(OC(F)(F)F)cc3)n2)cc1. The van der Waals surface area contributed by atoms with Gasteiger partial charge in [0.1, 0.15) is 17.6 Å². The van der Waals surface area contributed by atoms with Gasteiger partial charge in [-0.2, -0.15) is 0 Å². The summed E-state index contributed by atoms with van der Waals surface area (Å²) in [6.45, 7) is 1.96. The molecule has 3 rings (SSSR count). The zero-order valence-corrected chi connectivity index (χ0v) is 16.4. The van der Waals surface area contributed by atoms with Crippen LogP contribution in [-0.4, -0.2) is 27.0 Å². The van der Waals surface area contributed by atoms with Gasteiger partial charge in [-0.3, -0.25) is 4.79 Å². The van der Waals surface area contributed by atoms with E-state index in [0.29, 0.717) is 11.5 Å². The van der Waals surface area contributed by atoms with Crippen LogP contribution in [0.15, 0.2) is 60.0 Å². The topological polar surface area (TPSA) is 107 Å². The quantitative estimate of drug-likeness (QED) is 0.428. The maximum absolute atomic E-state index is 12.3. The highest BCUT2D eigenvalue weighted by Gasteiger charge is 2.31.